The molecular formula is C21H19ClN4O3S2. The van der Waals surface area contributed by atoms with Gasteiger partial charge in [-0.1, -0.05) is 17.7 Å². The Hall–Kier alpha value is -2.49. The number of thiazole rings is 1. The number of amides is 1. The molecule has 10 heteroatoms. The highest BCUT2D eigenvalue weighted by atomic mass is 35.5. The number of piperidine rings is 1. The van der Waals surface area contributed by atoms with Crippen molar-refractivity contribution in [1.29, 1.82) is 0 Å². The number of aromatic nitrogens is 3. The summed E-state index contributed by atoms with van der Waals surface area (Å²) in [5.41, 5.74) is 1.58. The number of rotatable bonds is 3. The largest absolute Gasteiger partial charge is 0.337 e. The first-order valence-electron chi connectivity index (χ1n) is 9.83. The summed E-state index contributed by atoms with van der Waals surface area (Å²) in [7, 11) is -3.57. The Labute approximate surface area is 188 Å². The molecule has 160 valence electrons. The van der Waals surface area contributed by atoms with Gasteiger partial charge < -0.3 is 4.90 Å². The molecule has 0 saturated carbocycles. The summed E-state index contributed by atoms with van der Waals surface area (Å²) >= 11 is 7.74. The Morgan fingerprint density at radius 3 is 2.68 bits per heavy atom. The fraction of sp³-hybridized carbons (Fsp3) is 0.286. The van der Waals surface area contributed by atoms with Crippen LogP contribution in [0.15, 0.2) is 47.8 Å². The fourth-order valence-electron chi connectivity index (χ4n) is 4.00. The molecule has 0 N–H and O–H groups in total. The quantitative estimate of drug-likeness (QED) is 0.447. The van der Waals surface area contributed by atoms with E-state index in [1.54, 1.807) is 40.6 Å². The average Bonchev–Trinajstić information content (AvgIpc) is 3.34. The van der Waals surface area contributed by atoms with Gasteiger partial charge in [0, 0.05) is 36.5 Å². The van der Waals surface area contributed by atoms with E-state index in [0.717, 1.165) is 34.3 Å². The lowest BCUT2D eigenvalue weighted by atomic mass is 9.97. The zero-order chi connectivity index (χ0) is 21.8. The molecule has 5 rings (SSSR count). The molecule has 7 nitrogen and oxygen atoms in total. The normalized spacial score (nSPS) is 15.7. The van der Waals surface area contributed by atoms with Crippen LogP contribution in [0.3, 0.4) is 0 Å². The number of benzene rings is 1. The van der Waals surface area contributed by atoms with E-state index in [2.05, 4.69) is 4.98 Å². The van der Waals surface area contributed by atoms with Crippen LogP contribution in [-0.4, -0.2) is 52.9 Å². The van der Waals surface area contributed by atoms with Gasteiger partial charge in [0.1, 0.15) is 0 Å². The third kappa shape index (κ3) is 3.71. The van der Waals surface area contributed by atoms with Crippen LogP contribution in [0.25, 0.3) is 15.7 Å². The molecule has 0 unspecified atom stereocenters. The summed E-state index contributed by atoms with van der Waals surface area (Å²) in [6.45, 7) is 1.14. The minimum absolute atomic E-state index is 0.116. The van der Waals surface area contributed by atoms with E-state index in [0.29, 0.717) is 23.6 Å². The molecule has 3 aromatic heterocycles. The maximum absolute atomic E-state index is 13.2. The molecule has 0 spiro atoms. The smallest absolute Gasteiger partial charge is 0.274 e. The van der Waals surface area contributed by atoms with Gasteiger partial charge in [0.15, 0.2) is 5.69 Å². The fourth-order valence-corrected chi connectivity index (χ4v) is 6.06. The van der Waals surface area contributed by atoms with Crippen molar-refractivity contribution in [2.24, 2.45) is 0 Å². The Morgan fingerprint density at radius 1 is 1.16 bits per heavy atom. The first-order chi connectivity index (χ1) is 14.8. The molecule has 4 aromatic rings. The van der Waals surface area contributed by atoms with Crippen LogP contribution in [0.4, 0.5) is 0 Å². The van der Waals surface area contributed by atoms with Crippen LogP contribution in [0.2, 0.25) is 5.02 Å². The van der Waals surface area contributed by atoms with Crippen LogP contribution in [-0.2, 0) is 9.84 Å². The number of hydrogen-bond donors (Lipinski definition) is 0. The number of likely N-dealkylation sites (tertiary alicyclic amines) is 1. The molecule has 1 aliphatic heterocycles. The van der Waals surface area contributed by atoms with Gasteiger partial charge in [-0.3, -0.25) is 9.20 Å². The number of fused-ring (bicyclic) bond motifs is 2. The highest BCUT2D eigenvalue weighted by molar-refractivity contribution is 7.90. The lowest BCUT2D eigenvalue weighted by Gasteiger charge is -2.30. The van der Waals surface area contributed by atoms with E-state index >= 15 is 0 Å². The van der Waals surface area contributed by atoms with Crippen LogP contribution >= 0.6 is 22.9 Å². The van der Waals surface area contributed by atoms with Crippen molar-refractivity contribution >= 4 is 54.4 Å². The van der Waals surface area contributed by atoms with Crippen LogP contribution in [0, 0.1) is 0 Å². The standard InChI is InChI=1S/C21H19ClN4O3S2/c1-31(28,29)21-24-18(16-4-2-3-9-26(16)21)20(27)25-10-7-13(8-11-25)19-23-15-12-14(22)5-6-17(15)30-19/h2-6,9,12-13H,7-8,10-11H2,1H3. The maximum atomic E-state index is 13.2. The first-order valence-corrected chi connectivity index (χ1v) is 12.9. The van der Waals surface area contributed by atoms with E-state index < -0.39 is 9.84 Å². The molecule has 4 heterocycles. The zero-order valence-electron chi connectivity index (χ0n) is 16.7. The number of nitrogens with zero attached hydrogens (tertiary/aromatic N) is 4. The molecule has 0 radical (unpaired) electrons. The zero-order valence-corrected chi connectivity index (χ0v) is 19.0. The minimum atomic E-state index is -3.57. The average molecular weight is 475 g/mol. The molecule has 1 aliphatic rings. The van der Waals surface area contributed by atoms with Gasteiger partial charge in [0.25, 0.3) is 5.91 Å². The van der Waals surface area contributed by atoms with Crippen molar-refractivity contribution in [3.8, 4) is 0 Å². The minimum Gasteiger partial charge on any atom is -0.337 e. The van der Waals surface area contributed by atoms with Crippen LogP contribution < -0.4 is 0 Å². The molecule has 1 amide bonds. The first kappa shape index (κ1) is 20.4. The Morgan fingerprint density at radius 2 is 1.94 bits per heavy atom. The number of imidazole rings is 1. The van der Waals surface area contributed by atoms with Gasteiger partial charge in [0.2, 0.25) is 15.0 Å². The van der Waals surface area contributed by atoms with E-state index in [1.807, 2.05) is 18.2 Å². The van der Waals surface area contributed by atoms with Crippen molar-refractivity contribution in [3.05, 3.63) is 58.3 Å². The molecule has 0 aliphatic carbocycles. The Balaban J connectivity index is 1.38. The van der Waals surface area contributed by atoms with Crippen molar-refractivity contribution < 1.29 is 13.2 Å². The lowest BCUT2D eigenvalue weighted by Crippen LogP contribution is -2.38. The van der Waals surface area contributed by atoms with Crippen molar-refractivity contribution in [3.63, 3.8) is 0 Å². The third-order valence-electron chi connectivity index (χ3n) is 5.55. The van der Waals surface area contributed by atoms with E-state index in [4.69, 9.17) is 16.6 Å². The predicted molar refractivity (Wildman–Crippen MR) is 121 cm³/mol. The Bertz CT molecular complexity index is 1420. The van der Waals surface area contributed by atoms with Gasteiger partial charge in [-0.25, -0.2) is 18.4 Å². The van der Waals surface area contributed by atoms with Gasteiger partial charge in [0.05, 0.1) is 20.7 Å². The van der Waals surface area contributed by atoms with Crippen LogP contribution in [0.1, 0.15) is 34.3 Å². The highest BCUT2D eigenvalue weighted by Crippen LogP contribution is 2.35. The van der Waals surface area contributed by atoms with Gasteiger partial charge in [-0.2, -0.15) is 0 Å². The van der Waals surface area contributed by atoms with Crippen LogP contribution in [0.5, 0.6) is 0 Å². The summed E-state index contributed by atoms with van der Waals surface area (Å²) in [6.07, 6.45) is 4.30. The third-order valence-corrected chi connectivity index (χ3v) is 7.93. The van der Waals surface area contributed by atoms with Gasteiger partial charge in [-0.15, -0.1) is 11.3 Å². The van der Waals surface area contributed by atoms with Crippen molar-refractivity contribution in [2.75, 3.05) is 19.3 Å². The second-order valence-corrected chi connectivity index (χ2v) is 11.1. The SMILES string of the molecule is CS(=O)(=O)c1nc(C(=O)N2CCC(c3nc4cc(Cl)ccc4s3)CC2)c2ccccn12. The second-order valence-electron chi connectivity index (χ2n) is 7.70. The summed E-state index contributed by atoms with van der Waals surface area (Å²) in [5, 5.41) is 1.62. The van der Waals surface area contributed by atoms with Gasteiger partial charge in [-0.05, 0) is 43.2 Å². The molecular weight excluding hydrogens is 456 g/mol. The summed E-state index contributed by atoms with van der Waals surface area (Å²) in [6, 6.07) is 10.9. The topological polar surface area (TPSA) is 84.6 Å². The maximum Gasteiger partial charge on any atom is 0.274 e. The highest BCUT2D eigenvalue weighted by Gasteiger charge is 2.30. The number of pyridine rings is 1. The summed E-state index contributed by atoms with van der Waals surface area (Å²) in [4.78, 5) is 23.9. The molecule has 0 atom stereocenters. The molecule has 0 bridgehead atoms. The van der Waals surface area contributed by atoms with Crippen molar-refractivity contribution in [1.82, 2.24) is 19.3 Å². The Kier molecular flexibility index (Phi) is 4.99. The predicted octanol–water partition coefficient (Wildman–Crippen LogP) is 4.02. The van der Waals surface area contributed by atoms with E-state index in [9.17, 15) is 13.2 Å². The molecule has 1 saturated heterocycles. The summed E-state index contributed by atoms with van der Waals surface area (Å²) < 4.78 is 26.8. The van der Waals surface area contributed by atoms with Crippen molar-refractivity contribution in [2.45, 2.75) is 23.9 Å². The van der Waals surface area contributed by atoms with E-state index in [1.165, 1.54) is 4.40 Å². The van der Waals surface area contributed by atoms with E-state index in [-0.39, 0.29) is 22.7 Å². The number of carbonyl (C=O) groups excluding carboxylic acids is 1. The number of halogens is 1. The lowest BCUT2D eigenvalue weighted by molar-refractivity contribution is 0.0709. The molecule has 31 heavy (non-hydrogen) atoms. The number of hydrogen-bond acceptors (Lipinski definition) is 6. The second kappa shape index (κ2) is 7.58. The number of carbonyl (C=O) groups is 1. The molecule has 1 aromatic carbocycles. The summed E-state index contributed by atoms with van der Waals surface area (Å²) in [5.74, 6) is 0.0404. The number of sulfone groups is 1. The van der Waals surface area contributed by atoms with Gasteiger partial charge >= 0.3 is 0 Å². The monoisotopic (exact) mass is 474 g/mol. The molecule has 1 fully saturated rings.